The van der Waals surface area contributed by atoms with E-state index in [0.717, 1.165) is 5.56 Å². The molecule has 11 nitrogen and oxygen atoms in total. The first-order chi connectivity index (χ1) is 19.2. The highest BCUT2D eigenvalue weighted by molar-refractivity contribution is 6.34. The Labute approximate surface area is 240 Å². The number of benzene rings is 3. The Morgan fingerprint density at radius 2 is 1.80 bits per heavy atom. The number of amides is 3. The number of carbonyl (C=O) groups excluding carboxylic acids is 3. The van der Waals surface area contributed by atoms with Gasteiger partial charge in [-0.2, -0.15) is 5.10 Å². The summed E-state index contributed by atoms with van der Waals surface area (Å²) in [5.41, 5.74) is 2.50. The first-order valence-corrected chi connectivity index (χ1v) is 12.5. The fraction of sp³-hybridized carbons (Fsp3) is 0.111. The molecule has 0 bridgehead atoms. The van der Waals surface area contributed by atoms with Crippen LogP contribution in [0.1, 0.15) is 11.1 Å². The number of nitrogens with two attached hydrogens (primary N) is 2. The van der Waals surface area contributed by atoms with Crippen molar-refractivity contribution in [3.63, 3.8) is 0 Å². The molecule has 7 N–H and O–H groups in total. The van der Waals surface area contributed by atoms with Gasteiger partial charge in [-0.1, -0.05) is 53.5 Å². The van der Waals surface area contributed by atoms with E-state index in [1.165, 1.54) is 42.7 Å². The third-order valence-electron chi connectivity index (χ3n) is 5.45. The molecule has 13 heteroatoms. The van der Waals surface area contributed by atoms with Crippen LogP contribution < -0.4 is 32.6 Å². The van der Waals surface area contributed by atoms with Crippen LogP contribution in [0.5, 0.6) is 0 Å². The van der Waals surface area contributed by atoms with Crippen LogP contribution in [0.2, 0.25) is 10.0 Å². The molecular weight excluding hydrogens is 557 g/mol. The van der Waals surface area contributed by atoms with Gasteiger partial charge in [-0.05, 0) is 48.0 Å². The molecule has 0 saturated heterocycles. The van der Waals surface area contributed by atoms with E-state index in [0.29, 0.717) is 22.0 Å². The molecule has 0 radical (unpaired) electrons. The molecular formula is C27H27Cl2N7O4. The minimum atomic E-state index is -0.960. The van der Waals surface area contributed by atoms with Gasteiger partial charge in [-0.3, -0.25) is 19.9 Å². The molecule has 0 saturated carbocycles. The number of methoxy groups -OCH3 is 1. The number of hydrazine groups is 1. The van der Waals surface area contributed by atoms with E-state index in [9.17, 15) is 14.4 Å². The molecule has 1 atom stereocenters. The van der Waals surface area contributed by atoms with Gasteiger partial charge in [0.25, 0.3) is 0 Å². The van der Waals surface area contributed by atoms with E-state index in [2.05, 4.69) is 25.8 Å². The van der Waals surface area contributed by atoms with Crippen molar-refractivity contribution in [1.82, 2.24) is 5.32 Å². The summed E-state index contributed by atoms with van der Waals surface area (Å²) in [5.74, 6) is 10.1. The number of ether oxygens (including phenoxy) is 1. The summed E-state index contributed by atoms with van der Waals surface area (Å²) >= 11 is 12.4. The van der Waals surface area contributed by atoms with Crippen molar-refractivity contribution >= 4 is 70.6 Å². The zero-order chi connectivity index (χ0) is 29.1. The predicted molar refractivity (Wildman–Crippen MR) is 158 cm³/mol. The fourth-order valence-electron chi connectivity index (χ4n) is 3.56. The summed E-state index contributed by atoms with van der Waals surface area (Å²) in [7, 11) is 1.24. The first kappa shape index (κ1) is 30.0. The number of anilines is 3. The highest BCUT2D eigenvalue weighted by atomic mass is 35.5. The lowest BCUT2D eigenvalue weighted by molar-refractivity contribution is -0.123. The molecule has 3 amide bonds. The molecule has 208 valence electrons. The summed E-state index contributed by atoms with van der Waals surface area (Å²) in [4.78, 5) is 37.7. The average molecular weight is 584 g/mol. The van der Waals surface area contributed by atoms with E-state index in [-0.39, 0.29) is 17.1 Å². The second-order valence-corrected chi connectivity index (χ2v) is 9.10. The Bertz CT molecular complexity index is 1420. The van der Waals surface area contributed by atoms with Gasteiger partial charge >= 0.3 is 6.09 Å². The second kappa shape index (κ2) is 14.5. The van der Waals surface area contributed by atoms with Crippen molar-refractivity contribution in [3.05, 3.63) is 94.0 Å². The fourth-order valence-corrected chi connectivity index (χ4v) is 3.96. The van der Waals surface area contributed by atoms with E-state index in [4.69, 9.17) is 34.9 Å². The van der Waals surface area contributed by atoms with E-state index in [1.54, 1.807) is 24.3 Å². The molecule has 3 aromatic carbocycles. The van der Waals surface area contributed by atoms with E-state index in [1.807, 2.05) is 30.3 Å². The number of rotatable bonds is 10. The number of hydrogen-bond donors (Lipinski definition) is 5. The zero-order valence-electron chi connectivity index (χ0n) is 21.3. The molecule has 0 aliphatic heterocycles. The van der Waals surface area contributed by atoms with Gasteiger partial charge in [0.15, 0.2) is 0 Å². The van der Waals surface area contributed by atoms with Gasteiger partial charge < -0.3 is 21.2 Å². The number of carbonyl (C=O) groups is 3. The highest BCUT2D eigenvalue weighted by Crippen LogP contribution is 2.26. The monoisotopic (exact) mass is 583 g/mol. The Kier molecular flexibility index (Phi) is 10.9. The Hall–Kier alpha value is -4.58. The minimum Gasteiger partial charge on any atom is -0.453 e. The van der Waals surface area contributed by atoms with Crippen LogP contribution in [-0.2, 0) is 20.7 Å². The van der Waals surface area contributed by atoms with Gasteiger partial charge in [-0.15, -0.1) is 0 Å². The molecule has 0 aliphatic rings. The van der Waals surface area contributed by atoms with Crippen LogP contribution in [0, 0.1) is 0 Å². The summed E-state index contributed by atoms with van der Waals surface area (Å²) in [6.07, 6.45) is 3.50. The van der Waals surface area contributed by atoms with Crippen molar-refractivity contribution in [2.75, 3.05) is 22.8 Å². The Balaban J connectivity index is 1.80. The van der Waals surface area contributed by atoms with Crippen LogP contribution >= 0.6 is 23.2 Å². The minimum absolute atomic E-state index is 0.174. The van der Waals surface area contributed by atoms with Crippen molar-refractivity contribution in [1.29, 1.82) is 0 Å². The second-order valence-electron chi connectivity index (χ2n) is 8.26. The lowest BCUT2D eigenvalue weighted by Crippen LogP contribution is -2.44. The van der Waals surface area contributed by atoms with Crippen molar-refractivity contribution in [2.45, 2.75) is 12.5 Å². The number of halogens is 2. The smallest absolute Gasteiger partial charge is 0.411 e. The lowest BCUT2D eigenvalue weighted by Gasteiger charge is -2.19. The van der Waals surface area contributed by atoms with Crippen LogP contribution in [0.3, 0.4) is 0 Å². The molecule has 3 rings (SSSR count). The van der Waals surface area contributed by atoms with Crippen molar-refractivity contribution < 1.29 is 19.1 Å². The van der Waals surface area contributed by atoms with Gasteiger partial charge in [0.05, 0.1) is 23.5 Å². The molecule has 0 aromatic heterocycles. The normalized spacial score (nSPS) is 11.7. The molecule has 0 heterocycles. The molecule has 0 unspecified atom stereocenters. The number of nitrogens with one attached hydrogen (secondary N) is 3. The maximum absolute atomic E-state index is 13.3. The van der Waals surface area contributed by atoms with Crippen molar-refractivity contribution in [3.8, 4) is 0 Å². The molecule has 0 aliphatic carbocycles. The standard InChI is InChI=1S/C27H27Cl2N7O4/c1-40-27(39)33-20-9-10-22(21(29)15-20)35-26(38)23(13-17-5-3-2-4-6-17)34-25(37)12-7-18-14-19(28)8-11-24(18)36(31)16-32-30/h2-12,14-16,23H,13,30-31H2,1H3,(H,33,39)(H,34,37)(H,35,38)/b12-7+,32-16-/t23-/m0/s1. The number of hydrazone groups is 1. The van der Waals surface area contributed by atoms with Gasteiger partial charge in [0, 0.05) is 28.8 Å². The molecule has 3 aromatic rings. The third-order valence-corrected chi connectivity index (χ3v) is 6.00. The van der Waals surface area contributed by atoms with Crippen LogP contribution in [0.4, 0.5) is 21.9 Å². The Morgan fingerprint density at radius 3 is 2.48 bits per heavy atom. The topological polar surface area (TPSA) is 164 Å². The van der Waals surface area contributed by atoms with E-state index >= 15 is 0 Å². The maximum Gasteiger partial charge on any atom is 0.411 e. The van der Waals surface area contributed by atoms with Crippen LogP contribution in [0.25, 0.3) is 6.08 Å². The van der Waals surface area contributed by atoms with Gasteiger partial charge in [-0.25, -0.2) is 10.6 Å². The summed E-state index contributed by atoms with van der Waals surface area (Å²) in [6.45, 7) is 0. The molecule has 0 spiro atoms. The quantitative estimate of drug-likeness (QED) is 0.0786. The SMILES string of the molecule is COC(=O)Nc1ccc(NC(=O)[C@H](Cc2ccccc2)NC(=O)/C=C/c2cc(Cl)ccc2N(N)/C=N\N)c(Cl)c1. The largest absolute Gasteiger partial charge is 0.453 e. The molecule has 0 fully saturated rings. The van der Waals surface area contributed by atoms with Crippen LogP contribution in [0.15, 0.2) is 77.9 Å². The molecule has 40 heavy (non-hydrogen) atoms. The predicted octanol–water partition coefficient (Wildman–Crippen LogP) is 4.13. The maximum atomic E-state index is 13.3. The van der Waals surface area contributed by atoms with Crippen LogP contribution in [-0.4, -0.2) is 37.4 Å². The van der Waals surface area contributed by atoms with Gasteiger partial charge in [0.1, 0.15) is 12.4 Å². The number of nitrogens with zero attached hydrogens (tertiary/aromatic N) is 2. The summed E-state index contributed by atoms with van der Waals surface area (Å²) in [5, 5.41) is 13.1. The summed E-state index contributed by atoms with van der Waals surface area (Å²) < 4.78 is 4.56. The average Bonchev–Trinajstić information content (AvgIpc) is 2.93. The zero-order valence-corrected chi connectivity index (χ0v) is 22.8. The third kappa shape index (κ3) is 8.73. The van der Waals surface area contributed by atoms with Crippen molar-refractivity contribution in [2.24, 2.45) is 16.8 Å². The lowest BCUT2D eigenvalue weighted by atomic mass is 10.0. The first-order valence-electron chi connectivity index (χ1n) is 11.7. The summed E-state index contributed by atoms with van der Waals surface area (Å²) in [6, 6.07) is 17.7. The van der Waals surface area contributed by atoms with Gasteiger partial charge in [0.2, 0.25) is 11.8 Å². The number of hydrogen-bond acceptors (Lipinski definition) is 7. The van der Waals surface area contributed by atoms with E-state index < -0.39 is 23.9 Å². The highest BCUT2D eigenvalue weighted by Gasteiger charge is 2.22. The Morgan fingerprint density at radius 1 is 1.05 bits per heavy atom.